The molecule has 0 aliphatic carbocycles. The molecular formula is C15H13N3O2. The molecule has 5 nitrogen and oxygen atoms in total. The molecule has 0 spiro atoms. The van der Waals surface area contributed by atoms with Crippen molar-refractivity contribution in [3.63, 3.8) is 0 Å². The number of hydrogen-bond donors (Lipinski definition) is 2. The van der Waals surface area contributed by atoms with E-state index >= 15 is 0 Å². The first kappa shape index (κ1) is 12.2. The van der Waals surface area contributed by atoms with Gasteiger partial charge in [0.15, 0.2) is 0 Å². The molecule has 0 amide bonds. The smallest absolute Gasteiger partial charge is 0.269 e. The van der Waals surface area contributed by atoms with Crippen LogP contribution < -0.4 is 5.32 Å². The monoisotopic (exact) mass is 267 g/mol. The summed E-state index contributed by atoms with van der Waals surface area (Å²) in [6, 6.07) is 14.5. The number of rotatable bonds is 4. The van der Waals surface area contributed by atoms with E-state index < -0.39 is 4.92 Å². The van der Waals surface area contributed by atoms with E-state index in [-0.39, 0.29) is 5.69 Å². The SMILES string of the molecule is O=[N+]([O-])c1ccc(NCc2c[nH]c3ccccc23)cc1. The number of nitrogens with one attached hydrogen (secondary N) is 2. The minimum atomic E-state index is -0.399. The Morgan fingerprint density at radius 1 is 1.10 bits per heavy atom. The summed E-state index contributed by atoms with van der Waals surface area (Å²) in [6.07, 6.45) is 1.98. The van der Waals surface area contributed by atoms with Gasteiger partial charge in [0, 0.05) is 41.5 Å². The molecular weight excluding hydrogens is 254 g/mol. The third-order valence-corrected chi connectivity index (χ3v) is 3.24. The second kappa shape index (κ2) is 5.05. The number of hydrogen-bond acceptors (Lipinski definition) is 3. The Labute approximate surface area is 115 Å². The van der Waals surface area contributed by atoms with Crippen molar-refractivity contribution in [2.75, 3.05) is 5.32 Å². The van der Waals surface area contributed by atoms with E-state index in [0.29, 0.717) is 6.54 Å². The zero-order chi connectivity index (χ0) is 13.9. The van der Waals surface area contributed by atoms with Crippen molar-refractivity contribution in [3.8, 4) is 0 Å². The Morgan fingerprint density at radius 3 is 2.60 bits per heavy atom. The Bertz CT molecular complexity index is 747. The standard InChI is InChI=1S/C15H13N3O2/c19-18(20)13-7-5-12(6-8-13)16-9-11-10-17-15-4-2-1-3-14(11)15/h1-8,10,16-17H,9H2. The lowest BCUT2D eigenvalue weighted by Gasteiger charge is -2.05. The van der Waals surface area contributed by atoms with Gasteiger partial charge in [-0.1, -0.05) is 18.2 Å². The fraction of sp³-hybridized carbons (Fsp3) is 0.0667. The highest BCUT2D eigenvalue weighted by molar-refractivity contribution is 5.83. The molecule has 0 aliphatic rings. The number of anilines is 1. The number of nitro groups is 1. The van der Waals surface area contributed by atoms with E-state index in [0.717, 1.165) is 11.2 Å². The maximum absolute atomic E-state index is 10.6. The van der Waals surface area contributed by atoms with Crippen molar-refractivity contribution in [1.29, 1.82) is 0 Å². The number of aromatic amines is 1. The zero-order valence-electron chi connectivity index (χ0n) is 10.7. The Balaban J connectivity index is 1.74. The molecule has 0 unspecified atom stereocenters. The van der Waals surface area contributed by atoms with Crippen LogP contribution in [-0.4, -0.2) is 9.91 Å². The Hall–Kier alpha value is -2.82. The Kier molecular flexibility index (Phi) is 3.09. The molecule has 0 aliphatic heterocycles. The van der Waals surface area contributed by atoms with Gasteiger partial charge in [0.1, 0.15) is 0 Å². The fourth-order valence-electron chi connectivity index (χ4n) is 2.18. The van der Waals surface area contributed by atoms with Gasteiger partial charge in [-0.2, -0.15) is 0 Å². The van der Waals surface area contributed by atoms with E-state index in [2.05, 4.69) is 16.4 Å². The third kappa shape index (κ3) is 2.33. The predicted molar refractivity (Wildman–Crippen MR) is 78.7 cm³/mol. The van der Waals surface area contributed by atoms with Gasteiger partial charge in [-0.15, -0.1) is 0 Å². The van der Waals surface area contributed by atoms with Gasteiger partial charge >= 0.3 is 0 Å². The summed E-state index contributed by atoms with van der Waals surface area (Å²) in [5, 5.41) is 15.0. The number of aromatic nitrogens is 1. The largest absolute Gasteiger partial charge is 0.381 e. The van der Waals surface area contributed by atoms with Gasteiger partial charge in [0.25, 0.3) is 5.69 Å². The lowest BCUT2D eigenvalue weighted by Crippen LogP contribution is -1.98. The Morgan fingerprint density at radius 2 is 1.85 bits per heavy atom. The molecule has 3 aromatic rings. The van der Waals surface area contributed by atoms with Crippen LogP contribution in [0, 0.1) is 10.1 Å². The second-order valence-electron chi connectivity index (χ2n) is 4.52. The molecule has 0 saturated heterocycles. The number of benzene rings is 2. The van der Waals surface area contributed by atoms with E-state index in [4.69, 9.17) is 0 Å². The van der Waals surface area contributed by atoms with E-state index in [1.807, 2.05) is 24.4 Å². The van der Waals surface area contributed by atoms with Crippen molar-refractivity contribution < 1.29 is 4.92 Å². The molecule has 1 heterocycles. The lowest BCUT2D eigenvalue weighted by molar-refractivity contribution is -0.384. The van der Waals surface area contributed by atoms with Crippen molar-refractivity contribution >= 4 is 22.3 Å². The summed E-state index contributed by atoms with van der Waals surface area (Å²) in [5.74, 6) is 0. The molecule has 0 bridgehead atoms. The van der Waals surface area contributed by atoms with Crippen molar-refractivity contribution in [2.24, 2.45) is 0 Å². The van der Waals surface area contributed by atoms with E-state index in [1.165, 1.54) is 23.1 Å². The summed E-state index contributed by atoms with van der Waals surface area (Å²) in [5.41, 5.74) is 3.23. The van der Waals surface area contributed by atoms with Gasteiger partial charge in [0.05, 0.1) is 4.92 Å². The van der Waals surface area contributed by atoms with Gasteiger partial charge in [-0.3, -0.25) is 10.1 Å². The molecule has 0 fully saturated rings. The first-order chi connectivity index (χ1) is 9.74. The van der Waals surface area contributed by atoms with Crippen LogP contribution in [0.1, 0.15) is 5.56 Å². The topological polar surface area (TPSA) is 71.0 Å². The number of H-pyrrole nitrogens is 1. The minimum Gasteiger partial charge on any atom is -0.381 e. The van der Waals surface area contributed by atoms with Crippen molar-refractivity contribution in [2.45, 2.75) is 6.54 Å². The molecule has 0 atom stereocenters. The highest BCUT2D eigenvalue weighted by Gasteiger charge is 2.05. The van der Waals surface area contributed by atoms with Crippen LogP contribution in [0.25, 0.3) is 10.9 Å². The summed E-state index contributed by atoms with van der Waals surface area (Å²) in [7, 11) is 0. The molecule has 5 heteroatoms. The third-order valence-electron chi connectivity index (χ3n) is 3.24. The van der Waals surface area contributed by atoms with Crippen molar-refractivity contribution in [3.05, 3.63) is 70.4 Å². The predicted octanol–water partition coefficient (Wildman–Crippen LogP) is 3.69. The average Bonchev–Trinajstić information content (AvgIpc) is 2.89. The number of para-hydroxylation sites is 1. The minimum absolute atomic E-state index is 0.0997. The van der Waals surface area contributed by atoms with Crippen LogP contribution in [0.5, 0.6) is 0 Å². The van der Waals surface area contributed by atoms with E-state index in [1.54, 1.807) is 12.1 Å². The van der Waals surface area contributed by atoms with Gasteiger partial charge in [0.2, 0.25) is 0 Å². The highest BCUT2D eigenvalue weighted by atomic mass is 16.6. The fourth-order valence-corrected chi connectivity index (χ4v) is 2.18. The van der Waals surface area contributed by atoms with Crippen LogP contribution in [0.3, 0.4) is 0 Å². The van der Waals surface area contributed by atoms with Crippen LogP contribution in [-0.2, 0) is 6.54 Å². The average molecular weight is 267 g/mol. The zero-order valence-corrected chi connectivity index (χ0v) is 10.7. The van der Waals surface area contributed by atoms with Crippen LogP contribution in [0.2, 0.25) is 0 Å². The molecule has 100 valence electrons. The highest BCUT2D eigenvalue weighted by Crippen LogP contribution is 2.20. The summed E-state index contributed by atoms with van der Waals surface area (Å²) in [4.78, 5) is 13.4. The molecule has 2 N–H and O–H groups in total. The molecule has 0 radical (unpaired) electrons. The first-order valence-corrected chi connectivity index (χ1v) is 6.27. The van der Waals surface area contributed by atoms with Crippen LogP contribution in [0.4, 0.5) is 11.4 Å². The molecule has 20 heavy (non-hydrogen) atoms. The van der Waals surface area contributed by atoms with Crippen molar-refractivity contribution in [1.82, 2.24) is 4.98 Å². The lowest BCUT2D eigenvalue weighted by atomic mass is 10.2. The normalized spacial score (nSPS) is 10.6. The number of nitrogens with zero attached hydrogens (tertiary/aromatic N) is 1. The summed E-state index contributed by atoms with van der Waals surface area (Å²) in [6.45, 7) is 0.668. The van der Waals surface area contributed by atoms with Gasteiger partial charge < -0.3 is 10.3 Å². The first-order valence-electron chi connectivity index (χ1n) is 6.27. The van der Waals surface area contributed by atoms with Gasteiger partial charge in [-0.05, 0) is 23.8 Å². The molecule has 0 saturated carbocycles. The second-order valence-corrected chi connectivity index (χ2v) is 4.52. The maximum Gasteiger partial charge on any atom is 0.269 e. The number of fused-ring (bicyclic) bond motifs is 1. The summed E-state index contributed by atoms with van der Waals surface area (Å²) >= 11 is 0. The van der Waals surface area contributed by atoms with Crippen LogP contribution in [0.15, 0.2) is 54.7 Å². The quantitative estimate of drug-likeness (QED) is 0.559. The molecule has 3 rings (SSSR count). The number of nitro benzene ring substituents is 1. The van der Waals surface area contributed by atoms with Crippen LogP contribution >= 0.6 is 0 Å². The maximum atomic E-state index is 10.6. The molecule has 2 aromatic carbocycles. The summed E-state index contributed by atoms with van der Waals surface area (Å²) < 4.78 is 0. The van der Waals surface area contributed by atoms with E-state index in [9.17, 15) is 10.1 Å². The van der Waals surface area contributed by atoms with Gasteiger partial charge in [-0.25, -0.2) is 0 Å². The molecule has 1 aromatic heterocycles. The number of non-ortho nitro benzene ring substituents is 1.